The van der Waals surface area contributed by atoms with E-state index in [1.807, 2.05) is 0 Å². The average Bonchev–Trinajstić information content (AvgIpc) is 1.67. The molecule has 0 saturated heterocycles. The van der Waals surface area contributed by atoms with Gasteiger partial charge in [0.25, 0.3) is 0 Å². The molecule has 0 atom stereocenters. The van der Waals surface area contributed by atoms with E-state index in [9.17, 15) is 9.59 Å². The second-order valence-electron chi connectivity index (χ2n) is 0.813. The number of thiol groups is 1. The Morgan fingerprint density at radius 1 is 1.78 bits per heavy atom. The Kier molecular flexibility index (Phi) is 8.95. The molecule has 0 aliphatic heterocycles. The van der Waals surface area contributed by atoms with Crippen LogP contribution in [0.3, 0.4) is 0 Å². The summed E-state index contributed by atoms with van der Waals surface area (Å²) >= 11 is 7.66. The Morgan fingerprint density at radius 2 is 2.22 bits per heavy atom. The summed E-state index contributed by atoms with van der Waals surface area (Å²) in [5.74, 6) is -0.821. The third kappa shape index (κ3) is 6.37. The standard InChI is InChI=1S/C3HNO2S2.Na.H/c5-1-4-2(6)3(7)8;;/h(H,7,8);;/q;+1;-1. The van der Waals surface area contributed by atoms with Gasteiger partial charge in [0.2, 0.25) is 6.08 Å². The maximum absolute atomic E-state index is 10.1. The van der Waals surface area contributed by atoms with Gasteiger partial charge >= 0.3 is 35.5 Å². The number of thiocarbonyl (C=S) groups is 1. The number of nitrogens with zero attached hydrogens (tertiary/aromatic N) is 1. The molecule has 0 radical (unpaired) electrons. The van der Waals surface area contributed by atoms with Crippen molar-refractivity contribution in [3.05, 3.63) is 0 Å². The van der Waals surface area contributed by atoms with Crippen LogP contribution < -0.4 is 29.6 Å². The maximum atomic E-state index is 10.1. The van der Waals surface area contributed by atoms with Crippen molar-refractivity contribution >= 4 is 41.0 Å². The Balaban J connectivity index is -0.000000245. The number of amides is 1. The van der Waals surface area contributed by atoms with E-state index in [4.69, 9.17) is 0 Å². The Morgan fingerprint density at radius 3 is 2.33 bits per heavy atom. The molecule has 0 N–H and O–H groups in total. The van der Waals surface area contributed by atoms with E-state index < -0.39 is 5.91 Å². The van der Waals surface area contributed by atoms with Crippen LogP contribution in [-0.2, 0) is 9.59 Å². The van der Waals surface area contributed by atoms with Gasteiger partial charge in [-0.2, -0.15) is 0 Å². The predicted molar refractivity (Wildman–Crippen MR) is 35.8 cm³/mol. The van der Waals surface area contributed by atoms with Crippen LogP contribution in [0.15, 0.2) is 4.99 Å². The number of isocyanates is 1. The molecular formula is C3H2NNaO2S2. The van der Waals surface area contributed by atoms with E-state index in [2.05, 4.69) is 29.8 Å². The summed E-state index contributed by atoms with van der Waals surface area (Å²) in [7, 11) is 0. The first-order valence-corrected chi connectivity index (χ1v) is 2.39. The van der Waals surface area contributed by atoms with Crippen LogP contribution >= 0.6 is 24.8 Å². The summed E-state index contributed by atoms with van der Waals surface area (Å²) in [5, 5.41) is 0. The molecule has 1 amide bonds. The van der Waals surface area contributed by atoms with Crippen molar-refractivity contribution in [1.29, 1.82) is 0 Å². The zero-order valence-corrected chi connectivity index (χ0v) is 8.33. The van der Waals surface area contributed by atoms with Crippen molar-refractivity contribution in [2.45, 2.75) is 0 Å². The Hall–Kier alpha value is 0.490. The fourth-order valence-corrected chi connectivity index (χ4v) is 0.185. The second kappa shape index (κ2) is 6.61. The maximum Gasteiger partial charge on any atom is 1.00 e. The molecule has 0 unspecified atom stereocenters. The van der Waals surface area contributed by atoms with Crippen LogP contribution in [0.5, 0.6) is 0 Å². The molecule has 0 rings (SSSR count). The molecule has 9 heavy (non-hydrogen) atoms. The van der Waals surface area contributed by atoms with Crippen LogP contribution in [0.4, 0.5) is 0 Å². The Bertz CT molecular complexity index is 175. The number of hydrogen-bond donors (Lipinski definition) is 1. The minimum absolute atomic E-state index is 0. The van der Waals surface area contributed by atoms with Gasteiger partial charge in [0.1, 0.15) is 4.20 Å². The largest absolute Gasteiger partial charge is 1.00 e. The van der Waals surface area contributed by atoms with Gasteiger partial charge in [-0.3, -0.25) is 4.79 Å². The fourth-order valence-electron chi connectivity index (χ4n) is 0.0893. The van der Waals surface area contributed by atoms with Crippen molar-refractivity contribution in [3.63, 3.8) is 0 Å². The van der Waals surface area contributed by atoms with Crippen LogP contribution in [0.2, 0.25) is 0 Å². The third-order valence-corrected chi connectivity index (χ3v) is 0.696. The predicted octanol–water partition coefficient (Wildman–Crippen LogP) is -2.78. The molecule has 0 bridgehead atoms. The van der Waals surface area contributed by atoms with Crippen LogP contribution in [0, 0.1) is 0 Å². The number of carbonyl (C=O) groups is 1. The topological polar surface area (TPSA) is 46.5 Å². The molecule has 0 aromatic rings. The smallest absolute Gasteiger partial charge is 1.00 e. The van der Waals surface area contributed by atoms with Crippen LogP contribution in [0.25, 0.3) is 0 Å². The number of hydrogen-bond acceptors (Lipinski definition) is 3. The molecule has 3 nitrogen and oxygen atoms in total. The molecular weight excluding hydrogens is 169 g/mol. The van der Waals surface area contributed by atoms with Crippen LogP contribution in [-0.4, -0.2) is 16.2 Å². The van der Waals surface area contributed by atoms with Gasteiger partial charge in [-0.25, -0.2) is 4.79 Å². The summed E-state index contributed by atoms with van der Waals surface area (Å²) in [5.41, 5.74) is 0. The normalized spacial score (nSPS) is 6.33. The monoisotopic (exact) mass is 171 g/mol. The van der Waals surface area contributed by atoms with Gasteiger partial charge in [-0.15, -0.1) is 17.6 Å². The Labute approximate surface area is 86.1 Å². The zero-order chi connectivity index (χ0) is 6.57. The number of aliphatic imine (C=N–C) groups is 1. The molecule has 44 valence electrons. The summed E-state index contributed by atoms with van der Waals surface area (Å²) in [4.78, 5) is 22.1. The molecule has 0 heterocycles. The summed E-state index contributed by atoms with van der Waals surface area (Å²) < 4.78 is -0.228. The van der Waals surface area contributed by atoms with Gasteiger partial charge in [0.05, 0.1) is 0 Å². The van der Waals surface area contributed by atoms with E-state index in [1.54, 1.807) is 0 Å². The van der Waals surface area contributed by atoms with Crippen molar-refractivity contribution < 1.29 is 40.6 Å². The number of rotatable bonds is 1. The first-order valence-electron chi connectivity index (χ1n) is 1.53. The molecule has 6 heteroatoms. The van der Waals surface area contributed by atoms with E-state index >= 15 is 0 Å². The quantitative estimate of drug-likeness (QED) is 0.153. The molecule has 0 aliphatic rings. The SMILES string of the molecule is O=C=NC(=O)C(=S)S.[H-].[Na+]. The van der Waals surface area contributed by atoms with Gasteiger partial charge in [0, 0.05) is 0 Å². The van der Waals surface area contributed by atoms with Gasteiger partial charge in [-0.05, 0) is 0 Å². The molecule has 0 aliphatic carbocycles. The third-order valence-electron chi connectivity index (χ3n) is 0.330. The molecule has 0 spiro atoms. The minimum Gasteiger partial charge on any atom is -1.00 e. The molecule has 0 aromatic carbocycles. The van der Waals surface area contributed by atoms with E-state index in [0.717, 1.165) is 6.08 Å². The molecule has 0 saturated carbocycles. The summed E-state index contributed by atoms with van der Waals surface area (Å²) in [6.45, 7) is 0. The van der Waals surface area contributed by atoms with Crippen molar-refractivity contribution in [2.24, 2.45) is 4.99 Å². The second-order valence-corrected chi connectivity index (χ2v) is 1.97. The van der Waals surface area contributed by atoms with E-state index in [1.165, 1.54) is 0 Å². The van der Waals surface area contributed by atoms with Crippen molar-refractivity contribution in [1.82, 2.24) is 0 Å². The molecule has 0 aromatic heterocycles. The minimum atomic E-state index is -0.821. The summed E-state index contributed by atoms with van der Waals surface area (Å²) in [6.07, 6.45) is 1.04. The van der Waals surface area contributed by atoms with Gasteiger partial charge in [0.15, 0.2) is 0 Å². The average molecular weight is 171 g/mol. The van der Waals surface area contributed by atoms with Gasteiger partial charge < -0.3 is 1.43 Å². The number of carbonyl (C=O) groups excluding carboxylic acids is 2. The molecule has 0 fully saturated rings. The van der Waals surface area contributed by atoms with E-state index in [-0.39, 0.29) is 35.2 Å². The van der Waals surface area contributed by atoms with Crippen molar-refractivity contribution in [2.75, 3.05) is 0 Å². The first-order chi connectivity index (χ1) is 3.68. The van der Waals surface area contributed by atoms with E-state index in [0.29, 0.717) is 0 Å². The summed E-state index contributed by atoms with van der Waals surface area (Å²) in [6, 6.07) is 0. The van der Waals surface area contributed by atoms with Crippen LogP contribution in [0.1, 0.15) is 1.43 Å². The first kappa shape index (κ1) is 12.2. The zero-order valence-electron chi connectivity index (χ0n) is 5.62. The van der Waals surface area contributed by atoms with Gasteiger partial charge in [-0.1, -0.05) is 12.2 Å². The van der Waals surface area contributed by atoms with Crippen molar-refractivity contribution in [3.8, 4) is 0 Å². The fraction of sp³-hybridized carbons (Fsp3) is 0.